The van der Waals surface area contributed by atoms with E-state index < -0.39 is 68.8 Å². The minimum Gasteiger partial charge on any atom is -0.508 e. The molecule has 0 bridgehead atoms. The van der Waals surface area contributed by atoms with Crippen LogP contribution in [0.5, 0.6) is 5.75 Å². The number of hydrogen-bond acceptors (Lipinski definition) is 6. The van der Waals surface area contributed by atoms with E-state index in [1.54, 1.807) is 18.2 Å². The third-order valence-electron chi connectivity index (χ3n) is 9.45. The van der Waals surface area contributed by atoms with Crippen LogP contribution >= 0.6 is 23.2 Å². The van der Waals surface area contributed by atoms with Gasteiger partial charge in [0.15, 0.2) is 9.75 Å². The summed E-state index contributed by atoms with van der Waals surface area (Å²) in [7, 11) is 0. The number of phenols is 1. The molecule has 2 aliphatic heterocycles. The van der Waals surface area contributed by atoms with Gasteiger partial charge in [0.2, 0.25) is 11.8 Å². The number of carbonyl (C=O) groups excluding carboxylic acids is 4. The van der Waals surface area contributed by atoms with E-state index >= 15 is 0 Å². The zero-order valence-electron chi connectivity index (χ0n) is 23.2. The number of imide groups is 2. The highest BCUT2D eigenvalue weighted by molar-refractivity contribution is 6.58. The van der Waals surface area contributed by atoms with Crippen molar-refractivity contribution in [3.05, 3.63) is 101 Å². The number of allylic oxidation sites excluding steroid dienone is 2. The first-order valence-corrected chi connectivity index (χ1v) is 14.9. The van der Waals surface area contributed by atoms with Crippen LogP contribution in [-0.2, 0) is 19.2 Å². The lowest BCUT2D eigenvalue weighted by atomic mass is 9.56. The van der Waals surface area contributed by atoms with E-state index in [1.807, 2.05) is 0 Å². The Morgan fingerprint density at radius 1 is 0.844 bits per heavy atom. The van der Waals surface area contributed by atoms with Crippen LogP contribution in [-0.4, -0.2) is 49.6 Å². The number of carboxylic acid groups (broad SMARTS) is 1. The number of carbonyl (C=O) groups is 5. The van der Waals surface area contributed by atoms with Crippen LogP contribution in [0.1, 0.15) is 34.7 Å². The van der Waals surface area contributed by atoms with Crippen LogP contribution in [0.15, 0.2) is 84.4 Å². The van der Waals surface area contributed by atoms with Crippen molar-refractivity contribution >= 4 is 64.2 Å². The van der Waals surface area contributed by atoms with Gasteiger partial charge in [-0.3, -0.25) is 24.1 Å². The van der Waals surface area contributed by atoms with Crippen molar-refractivity contribution in [2.24, 2.45) is 17.8 Å². The summed E-state index contributed by atoms with van der Waals surface area (Å²) >= 11 is 14.6. The number of carboxylic acids is 1. The summed E-state index contributed by atoms with van der Waals surface area (Å²) in [4.78, 5) is 65.6. The van der Waals surface area contributed by atoms with Gasteiger partial charge in [-0.15, -0.1) is 23.2 Å². The Morgan fingerprint density at radius 2 is 1.56 bits per heavy atom. The van der Waals surface area contributed by atoms with Gasteiger partial charge in [-0.25, -0.2) is 14.1 Å². The molecule has 6 atom stereocenters. The SMILES string of the molecule is O=C(O)c1cccc(N2C(=O)[C@H]3[C@H](CC=C4[C@H]3C[C@@]3(Cl)C(=O)N(c5ccc(F)cc5)C(=O)[C@@]3(Cl)[C@H]4c3cccc(O)c3)C2=O)c1. The predicted octanol–water partition coefficient (Wildman–Crippen LogP) is 5.00. The average molecular weight is 649 g/mol. The zero-order chi connectivity index (χ0) is 32.0. The third kappa shape index (κ3) is 3.95. The van der Waals surface area contributed by atoms with E-state index in [1.165, 1.54) is 48.5 Å². The largest absolute Gasteiger partial charge is 0.508 e. The number of benzene rings is 3. The number of anilines is 2. The summed E-state index contributed by atoms with van der Waals surface area (Å²) in [6.07, 6.45) is 1.59. The monoisotopic (exact) mass is 648 g/mol. The Bertz CT molecular complexity index is 1880. The van der Waals surface area contributed by atoms with E-state index in [9.17, 15) is 38.6 Å². The molecule has 12 heteroatoms. The Morgan fingerprint density at radius 3 is 2.24 bits per heavy atom. The van der Waals surface area contributed by atoms with Crippen molar-refractivity contribution in [2.75, 3.05) is 9.80 Å². The fourth-order valence-corrected chi connectivity index (χ4v) is 8.44. The lowest BCUT2D eigenvalue weighted by Crippen LogP contribution is -2.60. The summed E-state index contributed by atoms with van der Waals surface area (Å²) in [5, 5.41) is 19.9. The molecule has 0 spiro atoms. The summed E-state index contributed by atoms with van der Waals surface area (Å²) in [5.41, 5.74) is 0.947. The van der Waals surface area contributed by atoms with Crippen molar-refractivity contribution in [1.29, 1.82) is 0 Å². The topological polar surface area (TPSA) is 132 Å². The number of hydrogen-bond donors (Lipinski definition) is 2. The molecule has 1 saturated carbocycles. The normalized spacial score (nSPS) is 30.6. The molecule has 9 nitrogen and oxygen atoms in total. The Kier molecular flexibility index (Phi) is 6.48. The fourth-order valence-electron chi connectivity index (χ4n) is 7.51. The second-order valence-electron chi connectivity index (χ2n) is 11.7. The van der Waals surface area contributed by atoms with Gasteiger partial charge in [0.25, 0.3) is 11.8 Å². The quantitative estimate of drug-likeness (QED) is 0.231. The molecule has 4 aliphatic rings. The van der Waals surface area contributed by atoms with E-state index in [2.05, 4.69) is 0 Å². The summed E-state index contributed by atoms with van der Waals surface area (Å²) < 4.78 is 13.8. The number of rotatable bonds is 4. The van der Waals surface area contributed by atoms with Gasteiger partial charge in [0, 0.05) is 5.92 Å². The van der Waals surface area contributed by atoms with Crippen molar-refractivity contribution in [3.63, 3.8) is 0 Å². The standard InChI is InChI=1S/C33H23Cl2FN2O7/c34-32-15-24-22(11-12-23-25(24)28(41)37(27(23)40)20-5-1-4-17(13-20)29(42)43)26(16-3-2-6-21(39)14-16)33(32,35)31(45)38(30(32)44)19-9-7-18(36)8-10-19/h1-11,13-14,23-26,39H,12,15H2,(H,42,43)/t23-,24+,25-,26-,32+,33-/m0/s1. The predicted molar refractivity (Wildman–Crippen MR) is 161 cm³/mol. The first-order valence-electron chi connectivity index (χ1n) is 14.1. The maximum atomic E-state index is 14.3. The molecule has 2 N–H and O–H groups in total. The molecule has 3 fully saturated rings. The lowest BCUT2D eigenvalue weighted by Gasteiger charge is -2.50. The van der Waals surface area contributed by atoms with Crippen LogP contribution < -0.4 is 9.80 Å². The van der Waals surface area contributed by atoms with Crippen molar-refractivity contribution < 1.29 is 38.6 Å². The molecule has 2 saturated heterocycles. The maximum Gasteiger partial charge on any atom is 0.335 e. The van der Waals surface area contributed by atoms with Crippen LogP contribution in [0, 0.1) is 23.6 Å². The maximum absolute atomic E-state index is 14.3. The number of fused-ring (bicyclic) bond motifs is 4. The second-order valence-corrected chi connectivity index (χ2v) is 13.0. The van der Waals surface area contributed by atoms with Crippen molar-refractivity contribution in [2.45, 2.75) is 28.5 Å². The number of aromatic hydroxyl groups is 1. The van der Waals surface area contributed by atoms with Gasteiger partial charge in [-0.05, 0) is 78.9 Å². The molecule has 3 aromatic rings. The van der Waals surface area contributed by atoms with Gasteiger partial charge in [0.1, 0.15) is 11.6 Å². The van der Waals surface area contributed by atoms with Crippen LogP contribution in [0.3, 0.4) is 0 Å². The van der Waals surface area contributed by atoms with Crippen molar-refractivity contribution in [3.8, 4) is 5.75 Å². The van der Waals surface area contributed by atoms with Crippen LogP contribution in [0.25, 0.3) is 0 Å². The van der Waals surface area contributed by atoms with Gasteiger partial charge in [-0.2, -0.15) is 0 Å². The van der Waals surface area contributed by atoms with Gasteiger partial charge in [-0.1, -0.05) is 29.8 Å². The van der Waals surface area contributed by atoms with E-state index in [4.69, 9.17) is 23.2 Å². The number of nitrogens with zero attached hydrogens (tertiary/aromatic N) is 2. The molecular weight excluding hydrogens is 626 g/mol. The molecule has 45 heavy (non-hydrogen) atoms. The Hall–Kier alpha value is -4.54. The third-order valence-corrected chi connectivity index (χ3v) is 10.9. The smallest absolute Gasteiger partial charge is 0.335 e. The Balaban J connectivity index is 1.38. The molecule has 228 valence electrons. The molecule has 2 aliphatic carbocycles. The van der Waals surface area contributed by atoms with E-state index in [0.717, 1.165) is 21.9 Å². The number of alkyl halides is 2. The number of phenolic OH excluding ortho intramolecular Hbond substituents is 1. The zero-order valence-corrected chi connectivity index (χ0v) is 24.7. The highest BCUT2D eigenvalue weighted by atomic mass is 35.5. The van der Waals surface area contributed by atoms with Crippen LogP contribution in [0.4, 0.5) is 15.8 Å². The minimum atomic E-state index is -2.12. The number of aromatic carboxylic acids is 1. The molecule has 4 amide bonds. The first kappa shape index (κ1) is 29.2. The molecule has 2 heterocycles. The summed E-state index contributed by atoms with van der Waals surface area (Å²) in [6.45, 7) is 0. The van der Waals surface area contributed by atoms with Crippen LogP contribution in [0.2, 0.25) is 0 Å². The van der Waals surface area contributed by atoms with Gasteiger partial charge >= 0.3 is 5.97 Å². The lowest BCUT2D eigenvalue weighted by molar-refractivity contribution is -0.125. The molecular formula is C33H23Cl2FN2O7. The number of amides is 4. The van der Waals surface area contributed by atoms with Gasteiger partial charge < -0.3 is 10.2 Å². The number of halogens is 3. The van der Waals surface area contributed by atoms with E-state index in [-0.39, 0.29) is 35.5 Å². The summed E-state index contributed by atoms with van der Waals surface area (Å²) in [6, 6.07) is 16.2. The molecule has 0 radical (unpaired) electrons. The first-order chi connectivity index (χ1) is 21.4. The second kappa shape index (κ2) is 9.98. The summed E-state index contributed by atoms with van der Waals surface area (Å²) in [5.74, 6) is -8.51. The highest BCUT2D eigenvalue weighted by Crippen LogP contribution is 2.66. The highest BCUT2D eigenvalue weighted by Gasteiger charge is 2.76. The molecule has 3 aromatic carbocycles. The molecule has 7 rings (SSSR count). The fraction of sp³-hybridized carbons (Fsp3) is 0.242. The van der Waals surface area contributed by atoms with Crippen molar-refractivity contribution in [1.82, 2.24) is 0 Å². The minimum absolute atomic E-state index is 0.0574. The van der Waals surface area contributed by atoms with E-state index in [0.29, 0.717) is 11.1 Å². The molecule has 0 unspecified atom stereocenters. The molecule has 0 aromatic heterocycles. The van der Waals surface area contributed by atoms with Gasteiger partial charge in [0.05, 0.1) is 28.8 Å². The average Bonchev–Trinajstić information content (AvgIpc) is 3.35. The Labute approximate surface area is 265 Å².